The molecule has 2 aromatic heterocycles. The molecule has 6 nitrogen and oxygen atoms in total. The summed E-state index contributed by atoms with van der Waals surface area (Å²) < 4.78 is 10.8. The molecule has 0 saturated carbocycles. The van der Waals surface area contributed by atoms with Crippen molar-refractivity contribution in [1.29, 1.82) is 0 Å². The summed E-state index contributed by atoms with van der Waals surface area (Å²) in [6, 6.07) is 8.16. The molecule has 1 N–H and O–H groups in total. The minimum absolute atomic E-state index is 0.168. The van der Waals surface area contributed by atoms with Crippen molar-refractivity contribution in [3.05, 3.63) is 41.3 Å². The Morgan fingerprint density at radius 1 is 1.29 bits per heavy atom. The highest BCUT2D eigenvalue weighted by atomic mass is 32.1. The first-order valence-corrected chi connectivity index (χ1v) is 6.86. The lowest BCUT2D eigenvalue weighted by Gasteiger charge is -1.98. The Kier molecular flexibility index (Phi) is 3.41. The summed E-state index contributed by atoms with van der Waals surface area (Å²) in [6.45, 7) is 0. The number of carboxylic acids is 1. The average molecular weight is 302 g/mol. The zero-order valence-corrected chi connectivity index (χ0v) is 11.8. The van der Waals surface area contributed by atoms with E-state index in [4.69, 9.17) is 14.3 Å². The van der Waals surface area contributed by atoms with Crippen LogP contribution in [0.5, 0.6) is 5.75 Å². The highest BCUT2D eigenvalue weighted by molar-refractivity contribution is 7.13. The molecule has 0 aliphatic rings. The number of aromatic carboxylic acids is 1. The van der Waals surface area contributed by atoms with Crippen LogP contribution >= 0.6 is 11.3 Å². The van der Waals surface area contributed by atoms with E-state index in [1.807, 2.05) is 11.4 Å². The molecule has 3 rings (SSSR count). The number of carbonyl (C=O) groups is 1. The molecule has 0 aliphatic carbocycles. The van der Waals surface area contributed by atoms with Gasteiger partial charge in [-0.25, -0.2) is 4.79 Å². The predicted octanol–water partition coefficient (Wildman–Crippen LogP) is 3.17. The first-order chi connectivity index (χ1) is 10.2. The summed E-state index contributed by atoms with van der Waals surface area (Å²) in [5.41, 5.74) is 0.727. The van der Waals surface area contributed by atoms with Crippen LogP contribution in [0.1, 0.15) is 10.4 Å². The Morgan fingerprint density at radius 2 is 2.10 bits per heavy atom. The fourth-order valence-electron chi connectivity index (χ4n) is 1.83. The molecule has 106 valence electrons. The van der Waals surface area contributed by atoms with Crippen molar-refractivity contribution < 1.29 is 19.1 Å². The van der Waals surface area contributed by atoms with Gasteiger partial charge in [0.15, 0.2) is 0 Å². The van der Waals surface area contributed by atoms with Gasteiger partial charge in [-0.2, -0.15) is 0 Å². The van der Waals surface area contributed by atoms with Crippen LogP contribution in [-0.4, -0.2) is 28.4 Å². The van der Waals surface area contributed by atoms with Gasteiger partial charge in [-0.05, 0) is 29.6 Å². The summed E-state index contributed by atoms with van der Waals surface area (Å²) in [7, 11) is 1.57. The van der Waals surface area contributed by atoms with Crippen molar-refractivity contribution in [3.63, 3.8) is 0 Å². The molecule has 0 saturated heterocycles. The molecule has 0 spiro atoms. The van der Waals surface area contributed by atoms with E-state index >= 15 is 0 Å². The monoisotopic (exact) mass is 302 g/mol. The normalized spacial score (nSPS) is 10.5. The number of aromatic nitrogens is 2. The van der Waals surface area contributed by atoms with Crippen molar-refractivity contribution >= 4 is 17.3 Å². The van der Waals surface area contributed by atoms with Crippen LogP contribution in [0.15, 0.2) is 40.1 Å². The quantitative estimate of drug-likeness (QED) is 0.796. The van der Waals surface area contributed by atoms with Gasteiger partial charge in [0.05, 0.1) is 12.7 Å². The molecule has 0 radical (unpaired) electrons. The van der Waals surface area contributed by atoms with E-state index < -0.39 is 5.97 Å². The van der Waals surface area contributed by atoms with Crippen LogP contribution in [-0.2, 0) is 0 Å². The number of hydrogen-bond donors (Lipinski definition) is 1. The molecule has 2 heterocycles. The maximum absolute atomic E-state index is 11.0. The standard InChI is InChI=1S/C14H10N2O4S/c1-19-10-5-6-21-11(10)13-16-15-12(20-13)8-3-2-4-9(7-8)14(17)18/h2-7H,1H3,(H,17,18). The van der Waals surface area contributed by atoms with E-state index in [1.54, 1.807) is 19.2 Å². The lowest BCUT2D eigenvalue weighted by molar-refractivity contribution is 0.0697. The van der Waals surface area contributed by atoms with Gasteiger partial charge >= 0.3 is 5.97 Å². The van der Waals surface area contributed by atoms with E-state index in [-0.39, 0.29) is 11.5 Å². The van der Waals surface area contributed by atoms with E-state index in [9.17, 15) is 4.79 Å². The third-order valence-electron chi connectivity index (χ3n) is 2.82. The third kappa shape index (κ3) is 2.50. The zero-order chi connectivity index (χ0) is 14.8. The molecule has 1 aromatic carbocycles. The second kappa shape index (κ2) is 5.37. The Hall–Kier alpha value is -2.67. The first kappa shape index (κ1) is 13.3. The number of ether oxygens (including phenoxy) is 1. The van der Waals surface area contributed by atoms with Gasteiger partial charge in [0.25, 0.3) is 5.89 Å². The lowest BCUT2D eigenvalue weighted by atomic mass is 10.1. The number of benzene rings is 1. The zero-order valence-electron chi connectivity index (χ0n) is 10.9. The summed E-state index contributed by atoms with van der Waals surface area (Å²) in [5.74, 6) is 0.270. The molecule has 0 unspecified atom stereocenters. The summed E-state index contributed by atoms with van der Waals surface area (Å²) in [6.07, 6.45) is 0. The van der Waals surface area contributed by atoms with Crippen molar-refractivity contribution in [2.45, 2.75) is 0 Å². The summed E-state index contributed by atoms with van der Waals surface area (Å²) in [5, 5.41) is 18.8. The maximum atomic E-state index is 11.0. The Bertz CT molecular complexity index is 794. The average Bonchev–Trinajstić information content (AvgIpc) is 3.15. The summed E-state index contributed by atoms with van der Waals surface area (Å²) in [4.78, 5) is 11.7. The Morgan fingerprint density at radius 3 is 2.86 bits per heavy atom. The van der Waals surface area contributed by atoms with Gasteiger partial charge in [0.1, 0.15) is 10.6 Å². The largest absolute Gasteiger partial charge is 0.495 e. The topological polar surface area (TPSA) is 85.5 Å². The third-order valence-corrected chi connectivity index (χ3v) is 3.71. The highest BCUT2D eigenvalue weighted by Gasteiger charge is 2.16. The molecule has 0 aliphatic heterocycles. The van der Waals surface area contributed by atoms with E-state index in [2.05, 4.69) is 10.2 Å². The minimum Gasteiger partial charge on any atom is -0.495 e. The van der Waals surface area contributed by atoms with Crippen molar-refractivity contribution in [1.82, 2.24) is 10.2 Å². The molecule has 0 bridgehead atoms. The number of thiophene rings is 1. The van der Waals surface area contributed by atoms with E-state index in [0.29, 0.717) is 17.2 Å². The minimum atomic E-state index is -1.00. The smallest absolute Gasteiger partial charge is 0.335 e. The van der Waals surface area contributed by atoms with Gasteiger partial charge in [0.2, 0.25) is 5.89 Å². The van der Waals surface area contributed by atoms with Crippen LogP contribution < -0.4 is 4.74 Å². The summed E-state index contributed by atoms with van der Waals surface area (Å²) >= 11 is 1.43. The van der Waals surface area contributed by atoms with E-state index in [0.717, 1.165) is 4.88 Å². The van der Waals surface area contributed by atoms with E-state index in [1.165, 1.54) is 23.5 Å². The molecule has 21 heavy (non-hydrogen) atoms. The number of hydrogen-bond acceptors (Lipinski definition) is 6. The fraction of sp³-hybridized carbons (Fsp3) is 0.0714. The van der Waals surface area contributed by atoms with Crippen molar-refractivity contribution in [2.75, 3.05) is 7.11 Å². The molecule has 3 aromatic rings. The molecule has 0 fully saturated rings. The SMILES string of the molecule is COc1ccsc1-c1nnc(-c2cccc(C(=O)O)c2)o1. The molecule has 0 atom stereocenters. The Labute approximate surface area is 123 Å². The Balaban J connectivity index is 1.99. The van der Waals surface area contributed by atoms with Crippen LogP contribution in [0.3, 0.4) is 0 Å². The number of rotatable bonds is 4. The van der Waals surface area contributed by atoms with Crippen molar-refractivity contribution in [2.24, 2.45) is 0 Å². The van der Waals surface area contributed by atoms with Crippen molar-refractivity contribution in [3.8, 4) is 28.0 Å². The number of nitrogens with zero attached hydrogens (tertiary/aromatic N) is 2. The van der Waals surface area contributed by atoms with Gasteiger partial charge in [0, 0.05) is 5.56 Å². The number of carboxylic acid groups (broad SMARTS) is 1. The van der Waals surface area contributed by atoms with Gasteiger partial charge in [-0.15, -0.1) is 21.5 Å². The van der Waals surface area contributed by atoms with Gasteiger partial charge in [-0.3, -0.25) is 0 Å². The maximum Gasteiger partial charge on any atom is 0.335 e. The van der Waals surface area contributed by atoms with Crippen LogP contribution in [0, 0.1) is 0 Å². The van der Waals surface area contributed by atoms with Gasteiger partial charge in [-0.1, -0.05) is 6.07 Å². The predicted molar refractivity (Wildman–Crippen MR) is 76.6 cm³/mol. The van der Waals surface area contributed by atoms with Crippen LogP contribution in [0.2, 0.25) is 0 Å². The number of methoxy groups -OCH3 is 1. The molecular formula is C14H10N2O4S. The first-order valence-electron chi connectivity index (χ1n) is 5.98. The molecule has 0 amide bonds. The second-order valence-electron chi connectivity index (χ2n) is 4.12. The molecular weight excluding hydrogens is 292 g/mol. The highest BCUT2D eigenvalue weighted by Crippen LogP contribution is 2.35. The lowest BCUT2D eigenvalue weighted by Crippen LogP contribution is -1.95. The van der Waals surface area contributed by atoms with Crippen LogP contribution in [0.25, 0.3) is 22.2 Å². The fourth-order valence-corrected chi connectivity index (χ4v) is 2.61. The van der Waals surface area contributed by atoms with Gasteiger partial charge < -0.3 is 14.3 Å². The second-order valence-corrected chi connectivity index (χ2v) is 5.03. The van der Waals surface area contributed by atoms with Crippen LogP contribution in [0.4, 0.5) is 0 Å². The molecule has 7 heteroatoms.